The molecule has 0 saturated heterocycles. The van der Waals surface area contributed by atoms with Crippen molar-refractivity contribution in [3.63, 3.8) is 0 Å². The van der Waals surface area contributed by atoms with Crippen molar-refractivity contribution in [1.82, 2.24) is 5.32 Å². The Hall–Kier alpha value is -1.16. The normalized spacial score (nSPS) is 11.9. The largest absolute Gasteiger partial charge is 0.453 e. The maximum Gasteiger partial charge on any atom is 0.406 e. The van der Waals surface area contributed by atoms with Crippen molar-refractivity contribution in [3.05, 3.63) is 35.9 Å². The van der Waals surface area contributed by atoms with Crippen LogP contribution < -0.4 is 5.32 Å². The summed E-state index contributed by atoms with van der Waals surface area (Å²) in [6, 6.07) is 10.1. The highest BCUT2D eigenvalue weighted by Crippen LogP contribution is 2.25. The summed E-state index contributed by atoms with van der Waals surface area (Å²) in [5, 5.41) is 2.97. The van der Waals surface area contributed by atoms with Gasteiger partial charge in [0.25, 0.3) is 0 Å². The minimum Gasteiger partial charge on any atom is -0.453 e. The Labute approximate surface area is 94.2 Å². The van der Waals surface area contributed by atoms with E-state index in [1.165, 1.54) is 12.7 Å². The fourth-order valence-electron chi connectivity index (χ4n) is 1.25. The summed E-state index contributed by atoms with van der Waals surface area (Å²) < 4.78 is 4.52. The number of ether oxygens (including phenoxy) is 1. The quantitative estimate of drug-likeness (QED) is 0.855. The smallest absolute Gasteiger partial charge is 0.406 e. The Kier molecular flexibility index (Phi) is 5.04. The van der Waals surface area contributed by atoms with Crippen LogP contribution in [0.3, 0.4) is 0 Å². The number of methoxy groups -OCH3 is 1. The fraction of sp³-hybridized carbons (Fsp3) is 0.364. The van der Waals surface area contributed by atoms with E-state index in [1.807, 2.05) is 24.5 Å². The molecule has 0 radical (unpaired) electrons. The summed E-state index contributed by atoms with van der Waals surface area (Å²) in [4.78, 5) is 10.9. The highest BCUT2D eigenvalue weighted by molar-refractivity contribution is 7.98. The second-order valence-corrected chi connectivity index (χ2v) is 4.05. The molecule has 15 heavy (non-hydrogen) atoms. The topological polar surface area (TPSA) is 38.3 Å². The lowest BCUT2D eigenvalue weighted by Crippen LogP contribution is -2.27. The van der Waals surface area contributed by atoms with Crippen LogP contribution in [0.15, 0.2) is 30.3 Å². The van der Waals surface area contributed by atoms with E-state index in [-0.39, 0.29) is 11.3 Å². The molecule has 3 nitrogen and oxygen atoms in total. The van der Waals surface area contributed by atoms with Crippen molar-refractivity contribution in [2.45, 2.75) is 5.25 Å². The average Bonchev–Trinajstić information content (AvgIpc) is 2.31. The van der Waals surface area contributed by atoms with Gasteiger partial charge in [-0.3, -0.25) is 0 Å². The lowest BCUT2D eigenvalue weighted by Gasteiger charge is -2.14. The molecule has 0 aliphatic carbocycles. The van der Waals surface area contributed by atoms with Crippen molar-refractivity contribution in [2.75, 3.05) is 19.9 Å². The van der Waals surface area contributed by atoms with Crippen molar-refractivity contribution < 1.29 is 9.53 Å². The molecule has 82 valence electrons. The van der Waals surface area contributed by atoms with Crippen molar-refractivity contribution in [3.8, 4) is 0 Å². The Bertz CT molecular complexity index is 303. The minimum absolute atomic E-state index is 0.269. The molecule has 0 aliphatic rings. The van der Waals surface area contributed by atoms with Gasteiger partial charge in [-0.1, -0.05) is 30.3 Å². The molecule has 1 rings (SSSR count). The number of nitrogens with one attached hydrogen (secondary N) is 1. The zero-order valence-corrected chi connectivity index (χ0v) is 9.71. The van der Waals surface area contributed by atoms with Crippen molar-refractivity contribution in [1.29, 1.82) is 0 Å². The Balaban J connectivity index is 2.53. The van der Waals surface area contributed by atoms with E-state index in [4.69, 9.17) is 0 Å². The lowest BCUT2D eigenvalue weighted by molar-refractivity contribution is 0.171. The number of carbonyl (C=O) groups excluding carboxylic acids is 1. The van der Waals surface area contributed by atoms with E-state index in [9.17, 15) is 4.79 Å². The number of rotatable bonds is 4. The van der Waals surface area contributed by atoms with Gasteiger partial charge >= 0.3 is 6.09 Å². The second kappa shape index (κ2) is 6.35. The average molecular weight is 225 g/mol. The molecule has 0 aromatic heterocycles. The van der Waals surface area contributed by atoms with Gasteiger partial charge in [0.2, 0.25) is 0 Å². The first-order valence-electron chi connectivity index (χ1n) is 4.67. The number of alkyl carbamates (subject to hydrolysis) is 1. The molecule has 1 amide bonds. The molecule has 0 spiro atoms. The number of benzene rings is 1. The standard InChI is InChI=1S/C11H15NO2S/c1-14-11(13)12-8-10(15-2)9-6-4-3-5-7-9/h3-7,10H,8H2,1-2H3,(H,12,13). The van der Waals surface area contributed by atoms with Gasteiger partial charge in [-0.2, -0.15) is 11.8 Å². The molecule has 1 unspecified atom stereocenters. The van der Waals surface area contributed by atoms with Gasteiger partial charge in [-0.15, -0.1) is 0 Å². The van der Waals surface area contributed by atoms with E-state index in [2.05, 4.69) is 22.2 Å². The number of amides is 1. The van der Waals surface area contributed by atoms with E-state index in [0.717, 1.165) is 0 Å². The first-order chi connectivity index (χ1) is 7.27. The van der Waals surface area contributed by atoms with Crippen molar-refractivity contribution in [2.24, 2.45) is 0 Å². The molecule has 1 aromatic rings. The van der Waals surface area contributed by atoms with E-state index < -0.39 is 0 Å². The Morgan fingerprint density at radius 3 is 2.67 bits per heavy atom. The van der Waals surface area contributed by atoms with Crippen LogP contribution in [0.2, 0.25) is 0 Å². The van der Waals surface area contributed by atoms with Gasteiger partial charge in [0, 0.05) is 11.8 Å². The highest BCUT2D eigenvalue weighted by atomic mass is 32.2. The zero-order chi connectivity index (χ0) is 11.1. The fourth-order valence-corrected chi connectivity index (χ4v) is 1.93. The first-order valence-corrected chi connectivity index (χ1v) is 5.96. The summed E-state index contributed by atoms with van der Waals surface area (Å²) in [5.41, 5.74) is 1.21. The number of thioether (sulfide) groups is 1. The molecule has 1 aromatic carbocycles. The number of hydrogen-bond donors (Lipinski definition) is 1. The third-order valence-electron chi connectivity index (χ3n) is 2.07. The molecule has 0 heterocycles. The molecular formula is C11H15NO2S. The van der Waals surface area contributed by atoms with E-state index in [0.29, 0.717) is 6.54 Å². The van der Waals surface area contributed by atoms with Gasteiger partial charge < -0.3 is 10.1 Å². The van der Waals surface area contributed by atoms with Crippen LogP contribution in [0.25, 0.3) is 0 Å². The molecule has 0 bridgehead atoms. The molecule has 1 atom stereocenters. The van der Waals surface area contributed by atoms with Crippen LogP contribution in [0, 0.1) is 0 Å². The summed E-state index contributed by atoms with van der Waals surface area (Å²) in [7, 11) is 1.37. The van der Waals surface area contributed by atoms with Crippen LogP contribution in [0.1, 0.15) is 10.8 Å². The van der Waals surface area contributed by atoms with Crippen molar-refractivity contribution >= 4 is 17.9 Å². The van der Waals surface area contributed by atoms with Crippen LogP contribution in [-0.4, -0.2) is 26.0 Å². The number of carbonyl (C=O) groups is 1. The SMILES string of the molecule is COC(=O)NCC(SC)c1ccccc1. The summed E-state index contributed by atoms with van der Waals surface area (Å²) in [5.74, 6) is 0. The van der Waals surface area contributed by atoms with Gasteiger partial charge in [-0.05, 0) is 11.8 Å². The Morgan fingerprint density at radius 1 is 1.47 bits per heavy atom. The van der Waals surface area contributed by atoms with Gasteiger partial charge in [0.1, 0.15) is 0 Å². The van der Waals surface area contributed by atoms with E-state index in [1.54, 1.807) is 11.8 Å². The monoisotopic (exact) mass is 225 g/mol. The predicted octanol–water partition coefficient (Wildman–Crippen LogP) is 2.45. The van der Waals surface area contributed by atoms with Crippen LogP contribution in [0.4, 0.5) is 4.79 Å². The summed E-state index contributed by atoms with van der Waals surface area (Å²) in [6.45, 7) is 0.581. The third-order valence-corrected chi connectivity index (χ3v) is 3.08. The van der Waals surface area contributed by atoms with Gasteiger partial charge in [0.15, 0.2) is 0 Å². The highest BCUT2D eigenvalue weighted by Gasteiger charge is 2.10. The second-order valence-electron chi connectivity index (χ2n) is 3.01. The van der Waals surface area contributed by atoms with Gasteiger partial charge in [0.05, 0.1) is 7.11 Å². The maximum absolute atomic E-state index is 10.9. The van der Waals surface area contributed by atoms with Crippen LogP contribution in [0.5, 0.6) is 0 Å². The first kappa shape index (κ1) is 11.9. The molecule has 1 N–H and O–H groups in total. The van der Waals surface area contributed by atoms with Crippen LogP contribution >= 0.6 is 11.8 Å². The van der Waals surface area contributed by atoms with Crippen LogP contribution in [-0.2, 0) is 4.74 Å². The summed E-state index contributed by atoms with van der Waals surface area (Å²) in [6.07, 6.45) is 1.64. The summed E-state index contributed by atoms with van der Waals surface area (Å²) >= 11 is 1.71. The number of hydrogen-bond acceptors (Lipinski definition) is 3. The maximum atomic E-state index is 10.9. The Morgan fingerprint density at radius 2 is 2.13 bits per heavy atom. The molecule has 0 aliphatic heterocycles. The lowest BCUT2D eigenvalue weighted by atomic mass is 10.1. The van der Waals surface area contributed by atoms with Gasteiger partial charge in [-0.25, -0.2) is 4.79 Å². The third kappa shape index (κ3) is 3.83. The van der Waals surface area contributed by atoms with E-state index >= 15 is 0 Å². The molecular weight excluding hydrogens is 210 g/mol. The predicted molar refractivity (Wildman–Crippen MR) is 63.1 cm³/mol. The molecule has 0 saturated carbocycles. The zero-order valence-electron chi connectivity index (χ0n) is 8.90. The molecule has 0 fully saturated rings. The minimum atomic E-state index is -0.384. The molecule has 4 heteroatoms.